The molecule has 3 rings (SSSR count). The van der Waals surface area contributed by atoms with Crippen molar-refractivity contribution in [3.63, 3.8) is 0 Å². The Morgan fingerprint density at radius 2 is 0.942 bits per heavy atom. The van der Waals surface area contributed by atoms with Crippen LogP contribution in [0.5, 0.6) is 0 Å². The lowest BCUT2D eigenvalue weighted by Crippen LogP contribution is -2.70. The number of nitrogens with one attached hydrogen (secondary N) is 1. The van der Waals surface area contributed by atoms with Crippen molar-refractivity contribution in [2.75, 3.05) is 26.4 Å². The molecule has 0 saturated carbocycles. The Kier molecular flexibility index (Phi) is 21.8. The number of hydrogen-bond acceptors (Lipinski definition) is 16. The van der Waals surface area contributed by atoms with Crippen LogP contribution in [0.15, 0.2) is 0 Å². The van der Waals surface area contributed by atoms with Crippen LogP contribution >= 0.6 is 0 Å². The molecule has 0 aliphatic carbocycles. The van der Waals surface area contributed by atoms with Gasteiger partial charge in [0.2, 0.25) is 0 Å². The molecule has 0 amide bonds. The summed E-state index contributed by atoms with van der Waals surface area (Å²) in [7, 11) is 0. The summed E-state index contributed by atoms with van der Waals surface area (Å²) in [6, 6.07) is -3.53. The highest BCUT2D eigenvalue weighted by Gasteiger charge is 2.53. The summed E-state index contributed by atoms with van der Waals surface area (Å²) in [6.45, 7) is 0.782. The van der Waals surface area contributed by atoms with Gasteiger partial charge in [-0.2, -0.15) is 0 Å². The number of aliphatic hydroxyl groups excluding tert-OH is 8. The SMILES string of the molecule is CCCCCCCCCCCCCCCCCCN[C@H]1[C@H](OC2[C@@H](CO)O[C@@H](O)[C@H](N)[C@H]2O)O[C@H](CO)C(O[C@@H]2O[C@H](CO)[C@@H](O)[C@H](O)[C@H]2N)[C@@H]1O. The lowest BCUT2D eigenvalue weighted by molar-refractivity contribution is -0.350. The second kappa shape index (κ2) is 24.8. The Morgan fingerprint density at radius 3 is 1.46 bits per heavy atom. The van der Waals surface area contributed by atoms with Crippen LogP contribution < -0.4 is 16.8 Å². The van der Waals surface area contributed by atoms with Crippen molar-refractivity contribution in [3.8, 4) is 0 Å². The van der Waals surface area contributed by atoms with Crippen molar-refractivity contribution >= 4 is 0 Å². The van der Waals surface area contributed by atoms with Crippen LogP contribution in [0, 0.1) is 0 Å². The van der Waals surface area contributed by atoms with Gasteiger partial charge in [-0.05, 0) is 13.0 Å². The van der Waals surface area contributed by atoms with Crippen molar-refractivity contribution in [2.45, 2.75) is 202 Å². The van der Waals surface area contributed by atoms with Gasteiger partial charge in [0.15, 0.2) is 18.9 Å². The maximum Gasteiger partial charge on any atom is 0.176 e. The number of ether oxygens (including phenoxy) is 5. The minimum absolute atomic E-state index is 0.447. The van der Waals surface area contributed by atoms with Crippen LogP contribution in [0.2, 0.25) is 0 Å². The minimum Gasteiger partial charge on any atom is -0.394 e. The van der Waals surface area contributed by atoms with Crippen molar-refractivity contribution in [3.05, 3.63) is 0 Å². The molecule has 0 bridgehead atoms. The van der Waals surface area contributed by atoms with Gasteiger partial charge in [0.1, 0.15) is 54.9 Å². The molecule has 3 heterocycles. The van der Waals surface area contributed by atoms with E-state index in [1.807, 2.05) is 0 Å². The van der Waals surface area contributed by atoms with Crippen molar-refractivity contribution in [1.82, 2.24) is 5.32 Å². The van der Waals surface area contributed by atoms with Gasteiger partial charge in [-0.1, -0.05) is 103 Å². The largest absolute Gasteiger partial charge is 0.394 e. The topological polar surface area (TPSA) is 272 Å². The Bertz CT molecular complexity index is 927. The molecule has 0 spiro atoms. The average Bonchev–Trinajstić information content (AvgIpc) is 3.14. The highest BCUT2D eigenvalue weighted by molar-refractivity contribution is 4.99. The first-order chi connectivity index (χ1) is 25.1. The summed E-state index contributed by atoms with van der Waals surface area (Å²) in [4.78, 5) is 0. The summed E-state index contributed by atoms with van der Waals surface area (Å²) in [5.74, 6) is 0. The summed E-state index contributed by atoms with van der Waals surface area (Å²) in [5, 5.41) is 86.3. The molecular formula is C36H71N3O13. The summed E-state index contributed by atoms with van der Waals surface area (Å²) >= 11 is 0. The number of hydrogen-bond donors (Lipinski definition) is 11. The number of unbranched alkanes of at least 4 members (excludes halogenated alkanes) is 15. The molecular weight excluding hydrogens is 682 g/mol. The number of rotatable bonds is 25. The lowest BCUT2D eigenvalue weighted by atomic mass is 9.94. The maximum absolute atomic E-state index is 11.7. The normalized spacial score (nSPS) is 38.5. The van der Waals surface area contributed by atoms with Crippen molar-refractivity contribution in [2.24, 2.45) is 11.5 Å². The smallest absolute Gasteiger partial charge is 0.176 e. The predicted octanol–water partition coefficient (Wildman–Crippen LogP) is -0.781. The third kappa shape index (κ3) is 13.5. The second-order valence-electron chi connectivity index (χ2n) is 14.8. The molecule has 0 aromatic rings. The molecule has 13 N–H and O–H groups in total. The molecule has 308 valence electrons. The van der Waals surface area contributed by atoms with Gasteiger partial charge in [-0.25, -0.2) is 0 Å². The van der Waals surface area contributed by atoms with Gasteiger partial charge < -0.3 is 81.3 Å². The minimum atomic E-state index is -1.55. The van der Waals surface area contributed by atoms with Gasteiger partial charge in [0, 0.05) is 0 Å². The zero-order valence-corrected chi connectivity index (χ0v) is 31.1. The molecule has 3 saturated heterocycles. The average molecular weight is 754 g/mol. The highest BCUT2D eigenvalue weighted by atomic mass is 16.7. The first-order valence-electron chi connectivity index (χ1n) is 19.8. The van der Waals surface area contributed by atoms with Crippen LogP contribution in [-0.2, 0) is 23.7 Å². The van der Waals surface area contributed by atoms with Gasteiger partial charge >= 0.3 is 0 Å². The van der Waals surface area contributed by atoms with E-state index in [1.165, 1.54) is 77.0 Å². The highest BCUT2D eigenvalue weighted by Crippen LogP contribution is 2.32. The molecule has 3 aliphatic heterocycles. The Labute approximate surface area is 309 Å². The van der Waals surface area contributed by atoms with Crippen LogP contribution in [0.4, 0.5) is 0 Å². The fraction of sp³-hybridized carbons (Fsp3) is 1.00. The molecule has 3 aliphatic rings. The molecule has 2 unspecified atom stereocenters. The first kappa shape index (κ1) is 45.7. The third-order valence-electron chi connectivity index (χ3n) is 10.7. The van der Waals surface area contributed by atoms with Gasteiger partial charge in [0.25, 0.3) is 0 Å². The molecule has 0 radical (unpaired) electrons. The molecule has 52 heavy (non-hydrogen) atoms. The van der Waals surface area contributed by atoms with Crippen LogP contribution in [0.1, 0.15) is 110 Å². The van der Waals surface area contributed by atoms with E-state index in [1.54, 1.807) is 0 Å². The van der Waals surface area contributed by atoms with E-state index in [0.29, 0.717) is 6.54 Å². The Morgan fingerprint density at radius 1 is 0.500 bits per heavy atom. The first-order valence-corrected chi connectivity index (χ1v) is 19.8. The predicted molar refractivity (Wildman–Crippen MR) is 191 cm³/mol. The van der Waals surface area contributed by atoms with Crippen molar-refractivity contribution in [1.29, 1.82) is 0 Å². The third-order valence-corrected chi connectivity index (χ3v) is 10.7. The summed E-state index contributed by atoms with van der Waals surface area (Å²) in [6.07, 6.45) is 3.38. The summed E-state index contributed by atoms with van der Waals surface area (Å²) < 4.78 is 29.1. The zero-order valence-electron chi connectivity index (χ0n) is 31.1. The van der Waals surface area contributed by atoms with E-state index in [2.05, 4.69) is 12.2 Å². The molecule has 0 aromatic carbocycles. The van der Waals surface area contributed by atoms with E-state index in [9.17, 15) is 40.9 Å². The summed E-state index contributed by atoms with van der Waals surface area (Å²) in [5.41, 5.74) is 12.0. The standard InChI is InChI=1S/C36H71N3O13/c1-2-3-4-5-6-7-8-9-10-11-12-13-14-15-16-17-18-39-27-31(46)33(51-35-26(38)29(44)28(43)22(19-40)49-35)24(21-42)50-36(27)52-32-23(20-41)48-34(47)25(37)30(32)45/h22-36,39-47H,2-21,37-38H2,1H3/t22-,23-,24-,25-,26-,27-,28-,29-,30-,31-,32?,33?,34-,35+,36+/m1/s1. The fourth-order valence-electron chi connectivity index (χ4n) is 7.32. The number of nitrogens with two attached hydrogens (primary N) is 2. The zero-order chi connectivity index (χ0) is 38.0. The quantitative estimate of drug-likeness (QED) is 0.0511. The van der Waals surface area contributed by atoms with Gasteiger partial charge in [0.05, 0.1) is 37.9 Å². The van der Waals surface area contributed by atoms with Gasteiger partial charge in [-0.3, -0.25) is 0 Å². The molecule has 0 aromatic heterocycles. The molecule has 15 atom stereocenters. The lowest BCUT2D eigenvalue weighted by Gasteiger charge is -2.49. The Hall–Kier alpha value is -0.640. The van der Waals surface area contributed by atoms with Crippen LogP contribution in [0.3, 0.4) is 0 Å². The maximum atomic E-state index is 11.7. The monoisotopic (exact) mass is 753 g/mol. The molecule has 16 heteroatoms. The van der Waals surface area contributed by atoms with E-state index in [4.69, 9.17) is 35.2 Å². The molecule has 3 fully saturated rings. The van der Waals surface area contributed by atoms with E-state index < -0.39 is 112 Å². The Balaban J connectivity index is 1.53. The van der Waals surface area contributed by atoms with Crippen LogP contribution in [0.25, 0.3) is 0 Å². The van der Waals surface area contributed by atoms with Crippen molar-refractivity contribution < 1.29 is 64.5 Å². The molecule has 16 nitrogen and oxygen atoms in total. The number of aliphatic hydroxyl groups is 8. The second-order valence-corrected chi connectivity index (χ2v) is 14.8. The van der Waals surface area contributed by atoms with E-state index >= 15 is 0 Å². The van der Waals surface area contributed by atoms with Crippen LogP contribution in [-0.4, -0.2) is 159 Å². The van der Waals surface area contributed by atoms with E-state index in [0.717, 1.165) is 25.7 Å². The fourth-order valence-corrected chi connectivity index (χ4v) is 7.32. The van der Waals surface area contributed by atoms with Gasteiger partial charge in [-0.15, -0.1) is 0 Å². The van der Waals surface area contributed by atoms with E-state index in [-0.39, 0.29) is 0 Å².